The van der Waals surface area contributed by atoms with Crippen molar-refractivity contribution in [1.82, 2.24) is 5.43 Å². The summed E-state index contributed by atoms with van der Waals surface area (Å²) in [5.74, 6) is 0.646. The van der Waals surface area contributed by atoms with E-state index in [-0.39, 0.29) is 11.8 Å². The van der Waals surface area contributed by atoms with Crippen molar-refractivity contribution in [3.63, 3.8) is 0 Å². The fraction of sp³-hybridized carbons (Fsp3) is 0.211. The predicted molar refractivity (Wildman–Crippen MR) is 100.0 cm³/mol. The highest BCUT2D eigenvalue weighted by molar-refractivity contribution is 5.97. The number of amides is 2. The maximum atomic E-state index is 12.2. The molecule has 136 valence electrons. The number of methoxy groups -OCH3 is 1. The van der Waals surface area contributed by atoms with Crippen LogP contribution in [0, 0.1) is 0 Å². The number of hydrogen-bond donors (Lipinski definition) is 2. The van der Waals surface area contributed by atoms with Crippen LogP contribution in [0.1, 0.15) is 29.8 Å². The minimum atomic E-state index is -0.383. The van der Waals surface area contributed by atoms with Crippen LogP contribution in [-0.2, 0) is 4.79 Å². The van der Waals surface area contributed by atoms with Gasteiger partial charge in [0.1, 0.15) is 0 Å². The molecular formula is C19H21N3O4. The first kappa shape index (κ1) is 19.0. The molecule has 0 saturated heterocycles. The van der Waals surface area contributed by atoms with Gasteiger partial charge in [0.05, 0.1) is 19.9 Å². The van der Waals surface area contributed by atoms with E-state index in [1.165, 1.54) is 13.1 Å². The van der Waals surface area contributed by atoms with Gasteiger partial charge in [0.2, 0.25) is 5.91 Å². The number of hydrazone groups is 1. The summed E-state index contributed by atoms with van der Waals surface area (Å²) in [6, 6.07) is 11.9. The summed E-state index contributed by atoms with van der Waals surface area (Å²) in [5, 5.41) is 6.58. The SMILES string of the molecule is CCOc1ccc(/C=N\NC(=O)c2cccc(NC(C)=O)c2)cc1OC. The van der Waals surface area contributed by atoms with Crippen molar-refractivity contribution in [1.29, 1.82) is 0 Å². The van der Waals surface area contributed by atoms with Crippen molar-refractivity contribution in [3.05, 3.63) is 53.6 Å². The van der Waals surface area contributed by atoms with Crippen LogP contribution < -0.4 is 20.2 Å². The van der Waals surface area contributed by atoms with Crippen LogP contribution in [0.3, 0.4) is 0 Å². The second kappa shape index (κ2) is 9.22. The van der Waals surface area contributed by atoms with Crippen LogP contribution in [0.2, 0.25) is 0 Å². The summed E-state index contributed by atoms with van der Waals surface area (Å²) >= 11 is 0. The van der Waals surface area contributed by atoms with Gasteiger partial charge in [0.25, 0.3) is 5.91 Å². The van der Waals surface area contributed by atoms with E-state index in [2.05, 4.69) is 15.8 Å². The number of nitrogens with zero attached hydrogens (tertiary/aromatic N) is 1. The summed E-state index contributed by atoms with van der Waals surface area (Å²) in [7, 11) is 1.56. The first-order chi connectivity index (χ1) is 12.5. The Balaban J connectivity index is 2.03. The molecule has 26 heavy (non-hydrogen) atoms. The van der Waals surface area contributed by atoms with E-state index in [0.29, 0.717) is 29.4 Å². The molecule has 0 aliphatic heterocycles. The van der Waals surface area contributed by atoms with E-state index >= 15 is 0 Å². The average molecular weight is 355 g/mol. The van der Waals surface area contributed by atoms with E-state index in [0.717, 1.165) is 5.56 Å². The minimum absolute atomic E-state index is 0.204. The summed E-state index contributed by atoms with van der Waals surface area (Å²) < 4.78 is 10.7. The van der Waals surface area contributed by atoms with Crippen LogP contribution in [0.5, 0.6) is 11.5 Å². The van der Waals surface area contributed by atoms with E-state index in [9.17, 15) is 9.59 Å². The van der Waals surface area contributed by atoms with Crippen LogP contribution in [0.4, 0.5) is 5.69 Å². The Kier molecular flexibility index (Phi) is 6.73. The lowest BCUT2D eigenvalue weighted by atomic mass is 10.2. The highest BCUT2D eigenvalue weighted by Gasteiger charge is 2.07. The molecule has 7 heteroatoms. The fourth-order valence-electron chi connectivity index (χ4n) is 2.21. The monoisotopic (exact) mass is 355 g/mol. The molecule has 0 heterocycles. The van der Waals surface area contributed by atoms with Gasteiger partial charge in [0.15, 0.2) is 11.5 Å². The average Bonchev–Trinajstić information content (AvgIpc) is 2.62. The maximum absolute atomic E-state index is 12.2. The fourth-order valence-corrected chi connectivity index (χ4v) is 2.21. The van der Waals surface area contributed by atoms with Crippen molar-refractivity contribution in [3.8, 4) is 11.5 Å². The molecule has 0 radical (unpaired) electrons. The van der Waals surface area contributed by atoms with Crippen molar-refractivity contribution >= 4 is 23.7 Å². The molecule has 0 aromatic heterocycles. The zero-order chi connectivity index (χ0) is 18.9. The molecule has 0 aliphatic carbocycles. The van der Waals surface area contributed by atoms with E-state index in [1.807, 2.05) is 6.92 Å². The molecule has 2 rings (SSSR count). The van der Waals surface area contributed by atoms with Crippen molar-refractivity contribution in [2.75, 3.05) is 19.0 Å². The van der Waals surface area contributed by atoms with Gasteiger partial charge < -0.3 is 14.8 Å². The van der Waals surface area contributed by atoms with Crippen molar-refractivity contribution in [2.24, 2.45) is 5.10 Å². The molecule has 2 aromatic rings. The normalized spacial score (nSPS) is 10.4. The Morgan fingerprint density at radius 3 is 2.65 bits per heavy atom. The van der Waals surface area contributed by atoms with Crippen molar-refractivity contribution < 1.29 is 19.1 Å². The zero-order valence-electron chi connectivity index (χ0n) is 14.9. The van der Waals surface area contributed by atoms with E-state index < -0.39 is 0 Å². The number of hydrogen-bond acceptors (Lipinski definition) is 5. The second-order valence-electron chi connectivity index (χ2n) is 5.30. The van der Waals surface area contributed by atoms with Gasteiger partial charge >= 0.3 is 0 Å². The standard InChI is InChI=1S/C19H21N3O4/c1-4-26-17-9-8-14(10-18(17)25-3)12-20-22-19(24)15-6-5-7-16(11-15)21-13(2)23/h5-12H,4H2,1-3H3,(H,21,23)(H,22,24)/b20-12-. The van der Waals surface area contributed by atoms with E-state index in [1.54, 1.807) is 49.6 Å². The van der Waals surface area contributed by atoms with Gasteiger partial charge in [-0.05, 0) is 48.9 Å². The van der Waals surface area contributed by atoms with Crippen LogP contribution in [0.25, 0.3) is 0 Å². The molecule has 2 amide bonds. The lowest BCUT2D eigenvalue weighted by Gasteiger charge is -2.09. The number of carbonyl (C=O) groups excluding carboxylic acids is 2. The molecule has 0 bridgehead atoms. The predicted octanol–water partition coefficient (Wildman–Crippen LogP) is 2.82. The Morgan fingerprint density at radius 2 is 1.96 bits per heavy atom. The largest absolute Gasteiger partial charge is 0.493 e. The third-order valence-corrected chi connectivity index (χ3v) is 3.31. The Bertz CT molecular complexity index is 818. The van der Waals surface area contributed by atoms with Gasteiger partial charge in [-0.15, -0.1) is 0 Å². The molecule has 7 nitrogen and oxygen atoms in total. The summed E-state index contributed by atoms with van der Waals surface area (Å²) in [6.07, 6.45) is 1.51. The van der Waals surface area contributed by atoms with Gasteiger partial charge in [-0.1, -0.05) is 6.07 Å². The smallest absolute Gasteiger partial charge is 0.271 e. The number of ether oxygens (including phenoxy) is 2. The topological polar surface area (TPSA) is 89.0 Å². The molecule has 0 aliphatic rings. The highest BCUT2D eigenvalue weighted by atomic mass is 16.5. The molecule has 2 N–H and O–H groups in total. The van der Waals surface area contributed by atoms with Gasteiger partial charge in [0, 0.05) is 18.2 Å². The Morgan fingerprint density at radius 1 is 1.15 bits per heavy atom. The number of rotatable bonds is 7. The number of nitrogens with one attached hydrogen (secondary N) is 2. The van der Waals surface area contributed by atoms with Gasteiger partial charge in [-0.3, -0.25) is 9.59 Å². The van der Waals surface area contributed by atoms with Crippen molar-refractivity contribution in [2.45, 2.75) is 13.8 Å². The molecule has 0 fully saturated rings. The van der Waals surface area contributed by atoms with Crippen LogP contribution in [-0.4, -0.2) is 31.7 Å². The Labute approximate surface area is 152 Å². The number of benzene rings is 2. The molecule has 0 unspecified atom stereocenters. The molecule has 2 aromatic carbocycles. The highest BCUT2D eigenvalue weighted by Crippen LogP contribution is 2.27. The zero-order valence-corrected chi connectivity index (χ0v) is 14.9. The minimum Gasteiger partial charge on any atom is -0.493 e. The molecule has 0 saturated carbocycles. The summed E-state index contributed by atoms with van der Waals surface area (Å²) in [4.78, 5) is 23.2. The quantitative estimate of drug-likeness (QED) is 0.590. The third-order valence-electron chi connectivity index (χ3n) is 3.31. The first-order valence-electron chi connectivity index (χ1n) is 8.05. The van der Waals surface area contributed by atoms with Gasteiger partial charge in [-0.2, -0.15) is 5.10 Å². The van der Waals surface area contributed by atoms with Crippen LogP contribution in [0.15, 0.2) is 47.6 Å². The van der Waals surface area contributed by atoms with Crippen LogP contribution >= 0.6 is 0 Å². The lowest BCUT2D eigenvalue weighted by Crippen LogP contribution is -2.18. The molecule has 0 spiro atoms. The molecular weight excluding hydrogens is 334 g/mol. The maximum Gasteiger partial charge on any atom is 0.271 e. The summed E-state index contributed by atoms with van der Waals surface area (Å²) in [5.41, 5.74) is 4.13. The lowest BCUT2D eigenvalue weighted by molar-refractivity contribution is -0.114. The second-order valence-corrected chi connectivity index (χ2v) is 5.30. The number of carbonyl (C=O) groups is 2. The summed E-state index contributed by atoms with van der Waals surface area (Å²) in [6.45, 7) is 3.84. The first-order valence-corrected chi connectivity index (χ1v) is 8.05. The number of anilines is 1. The third kappa shape index (κ3) is 5.34. The molecule has 0 atom stereocenters. The van der Waals surface area contributed by atoms with Gasteiger partial charge in [-0.25, -0.2) is 5.43 Å². The van der Waals surface area contributed by atoms with E-state index in [4.69, 9.17) is 9.47 Å². The Hall–Kier alpha value is -3.35.